The number of rotatable bonds is 3. The van der Waals surface area contributed by atoms with Gasteiger partial charge in [0.2, 0.25) is 0 Å². The van der Waals surface area contributed by atoms with Gasteiger partial charge in [0.1, 0.15) is 6.07 Å². The molecule has 1 aliphatic rings. The molecule has 1 aromatic carbocycles. The van der Waals surface area contributed by atoms with Gasteiger partial charge in [-0.3, -0.25) is 9.58 Å². The van der Waals surface area contributed by atoms with Crippen LogP contribution in [0.2, 0.25) is 0 Å². The predicted molar refractivity (Wildman–Crippen MR) is 96.3 cm³/mol. The van der Waals surface area contributed by atoms with Gasteiger partial charge in [0, 0.05) is 51.0 Å². The van der Waals surface area contributed by atoms with Crippen LogP contribution in [0, 0.1) is 25.2 Å². The minimum atomic E-state index is -4.44. The number of aromatic nitrogens is 2. The molecule has 0 radical (unpaired) electrons. The van der Waals surface area contributed by atoms with Crippen LogP contribution in [0.15, 0.2) is 18.2 Å². The highest BCUT2D eigenvalue weighted by atomic mass is 19.4. The van der Waals surface area contributed by atoms with Crippen molar-refractivity contribution >= 4 is 5.69 Å². The zero-order chi connectivity index (χ0) is 19.8. The van der Waals surface area contributed by atoms with E-state index in [0.29, 0.717) is 18.8 Å². The molecular weight excluding hydrogens is 355 g/mol. The summed E-state index contributed by atoms with van der Waals surface area (Å²) in [6, 6.07) is 5.30. The third-order valence-electron chi connectivity index (χ3n) is 5.20. The molecule has 1 fully saturated rings. The molecule has 0 unspecified atom stereocenters. The summed E-state index contributed by atoms with van der Waals surface area (Å²) in [5, 5.41) is 13.7. The van der Waals surface area contributed by atoms with Gasteiger partial charge in [-0.25, -0.2) is 0 Å². The number of nitrogens with zero attached hydrogens (tertiary/aromatic N) is 5. The molecule has 0 aliphatic carbocycles. The SMILES string of the molecule is Cc1nn(C)c(C)c1CN1CCN(c2ccc(C(F)(F)F)cc2C#N)CC1. The quantitative estimate of drug-likeness (QED) is 0.824. The Kier molecular flexibility index (Phi) is 5.16. The first-order valence-electron chi connectivity index (χ1n) is 8.78. The second kappa shape index (κ2) is 7.24. The lowest BCUT2D eigenvalue weighted by atomic mass is 10.1. The van der Waals surface area contributed by atoms with E-state index in [4.69, 9.17) is 0 Å². The summed E-state index contributed by atoms with van der Waals surface area (Å²) in [5.74, 6) is 0. The van der Waals surface area contributed by atoms with E-state index in [1.807, 2.05) is 36.5 Å². The highest BCUT2D eigenvalue weighted by molar-refractivity contribution is 5.61. The van der Waals surface area contributed by atoms with Crippen molar-refractivity contribution in [3.8, 4) is 6.07 Å². The highest BCUT2D eigenvalue weighted by Gasteiger charge is 2.31. The standard InChI is InChI=1S/C19H22F3N5/c1-13-17(14(2)25(3)24-13)12-26-6-8-27(9-7-26)18-5-4-16(19(20,21)22)10-15(18)11-23/h4-5,10H,6-9,12H2,1-3H3. The number of anilines is 1. The van der Waals surface area contributed by atoms with Crippen molar-refractivity contribution in [3.05, 3.63) is 46.3 Å². The molecule has 27 heavy (non-hydrogen) atoms. The van der Waals surface area contributed by atoms with E-state index in [2.05, 4.69) is 10.00 Å². The fourth-order valence-corrected chi connectivity index (χ4v) is 3.49. The van der Waals surface area contributed by atoms with E-state index in [1.165, 1.54) is 11.6 Å². The van der Waals surface area contributed by atoms with Gasteiger partial charge >= 0.3 is 6.18 Å². The van der Waals surface area contributed by atoms with Crippen molar-refractivity contribution < 1.29 is 13.2 Å². The summed E-state index contributed by atoms with van der Waals surface area (Å²) in [7, 11) is 1.93. The molecule has 0 bridgehead atoms. The Morgan fingerprint density at radius 2 is 1.81 bits per heavy atom. The van der Waals surface area contributed by atoms with Gasteiger partial charge in [0.05, 0.1) is 22.5 Å². The summed E-state index contributed by atoms with van der Waals surface area (Å²) in [4.78, 5) is 4.29. The molecule has 0 atom stereocenters. The highest BCUT2D eigenvalue weighted by Crippen LogP contribution is 2.33. The molecule has 0 saturated carbocycles. The van der Waals surface area contributed by atoms with Gasteiger partial charge < -0.3 is 4.90 Å². The van der Waals surface area contributed by atoms with Crippen LogP contribution in [0.5, 0.6) is 0 Å². The molecule has 0 N–H and O–H groups in total. The number of aryl methyl sites for hydroxylation is 2. The smallest absolute Gasteiger partial charge is 0.368 e. The first-order valence-corrected chi connectivity index (χ1v) is 8.78. The Labute approximate surface area is 156 Å². The molecule has 1 aromatic heterocycles. The monoisotopic (exact) mass is 377 g/mol. The van der Waals surface area contributed by atoms with E-state index in [0.717, 1.165) is 43.2 Å². The van der Waals surface area contributed by atoms with Gasteiger partial charge in [-0.2, -0.15) is 23.5 Å². The number of hydrogen-bond donors (Lipinski definition) is 0. The molecule has 8 heteroatoms. The van der Waals surface area contributed by atoms with Crippen molar-refractivity contribution in [3.63, 3.8) is 0 Å². The maximum atomic E-state index is 12.9. The predicted octanol–water partition coefficient (Wildman–Crippen LogP) is 3.25. The average Bonchev–Trinajstić information content (AvgIpc) is 2.87. The number of benzene rings is 1. The molecule has 1 aliphatic heterocycles. The van der Waals surface area contributed by atoms with Crippen molar-refractivity contribution in [1.82, 2.24) is 14.7 Å². The third kappa shape index (κ3) is 3.93. The summed E-state index contributed by atoms with van der Waals surface area (Å²) in [5.41, 5.74) is 3.23. The van der Waals surface area contributed by atoms with Crippen LogP contribution in [-0.2, 0) is 19.8 Å². The Bertz CT molecular complexity index is 871. The van der Waals surface area contributed by atoms with Crippen LogP contribution in [0.25, 0.3) is 0 Å². The first-order chi connectivity index (χ1) is 12.7. The van der Waals surface area contributed by atoms with Crippen LogP contribution >= 0.6 is 0 Å². The summed E-state index contributed by atoms with van der Waals surface area (Å²) < 4.78 is 40.5. The second-order valence-corrected chi connectivity index (χ2v) is 6.88. The maximum absolute atomic E-state index is 12.9. The molecule has 5 nitrogen and oxygen atoms in total. The third-order valence-corrected chi connectivity index (χ3v) is 5.20. The lowest BCUT2D eigenvalue weighted by Gasteiger charge is -2.36. The normalized spacial score (nSPS) is 15.8. The molecule has 144 valence electrons. The van der Waals surface area contributed by atoms with Crippen molar-refractivity contribution in [1.29, 1.82) is 5.26 Å². The molecule has 2 aromatic rings. The van der Waals surface area contributed by atoms with Crippen LogP contribution < -0.4 is 4.90 Å². The van der Waals surface area contributed by atoms with Crippen LogP contribution in [0.3, 0.4) is 0 Å². The van der Waals surface area contributed by atoms with E-state index < -0.39 is 11.7 Å². The van der Waals surface area contributed by atoms with Gasteiger partial charge in [0.15, 0.2) is 0 Å². The summed E-state index contributed by atoms with van der Waals surface area (Å²) in [6.45, 7) is 7.74. The fraction of sp³-hybridized carbons (Fsp3) is 0.474. The summed E-state index contributed by atoms with van der Waals surface area (Å²) >= 11 is 0. The van der Waals surface area contributed by atoms with E-state index >= 15 is 0 Å². The number of halogens is 3. The van der Waals surface area contributed by atoms with Crippen molar-refractivity contribution in [2.24, 2.45) is 7.05 Å². The molecule has 0 spiro atoms. The maximum Gasteiger partial charge on any atom is 0.416 e. The topological polar surface area (TPSA) is 48.1 Å². The number of hydrogen-bond acceptors (Lipinski definition) is 4. The number of nitriles is 1. The summed E-state index contributed by atoms with van der Waals surface area (Å²) in [6.07, 6.45) is -4.44. The molecule has 0 amide bonds. The van der Waals surface area contributed by atoms with Gasteiger partial charge in [0.25, 0.3) is 0 Å². The molecule has 3 rings (SSSR count). The van der Waals surface area contributed by atoms with Gasteiger partial charge in [-0.15, -0.1) is 0 Å². The minimum Gasteiger partial charge on any atom is -0.368 e. The number of piperazine rings is 1. The van der Waals surface area contributed by atoms with Crippen molar-refractivity contribution in [2.45, 2.75) is 26.6 Å². The van der Waals surface area contributed by atoms with Crippen LogP contribution in [-0.4, -0.2) is 40.9 Å². The van der Waals surface area contributed by atoms with E-state index in [1.54, 1.807) is 0 Å². The average molecular weight is 377 g/mol. The van der Waals surface area contributed by atoms with Gasteiger partial charge in [-0.1, -0.05) is 0 Å². The van der Waals surface area contributed by atoms with E-state index in [9.17, 15) is 18.4 Å². The lowest BCUT2D eigenvalue weighted by Crippen LogP contribution is -2.46. The first kappa shape index (κ1) is 19.2. The molecule has 1 saturated heterocycles. The fourth-order valence-electron chi connectivity index (χ4n) is 3.49. The lowest BCUT2D eigenvalue weighted by molar-refractivity contribution is -0.137. The Morgan fingerprint density at radius 1 is 1.15 bits per heavy atom. The Morgan fingerprint density at radius 3 is 2.33 bits per heavy atom. The second-order valence-electron chi connectivity index (χ2n) is 6.88. The minimum absolute atomic E-state index is 0.0669. The largest absolute Gasteiger partial charge is 0.416 e. The van der Waals surface area contributed by atoms with Gasteiger partial charge in [-0.05, 0) is 32.0 Å². The Balaban J connectivity index is 1.70. The number of alkyl halides is 3. The molecule has 2 heterocycles. The zero-order valence-corrected chi connectivity index (χ0v) is 15.6. The van der Waals surface area contributed by atoms with Crippen LogP contribution in [0.4, 0.5) is 18.9 Å². The Hall–Kier alpha value is -2.53. The van der Waals surface area contributed by atoms with Crippen molar-refractivity contribution in [2.75, 3.05) is 31.1 Å². The molecular formula is C19H22F3N5. The van der Waals surface area contributed by atoms with E-state index in [-0.39, 0.29) is 5.56 Å². The van der Waals surface area contributed by atoms with Crippen LogP contribution in [0.1, 0.15) is 28.1 Å². The zero-order valence-electron chi connectivity index (χ0n) is 15.6.